The second kappa shape index (κ2) is 13.8. The monoisotopic (exact) mass is 742 g/mol. The van der Waals surface area contributed by atoms with Crippen LogP contribution in [0.3, 0.4) is 0 Å². The van der Waals surface area contributed by atoms with E-state index in [1.54, 1.807) is 18.2 Å². The first kappa shape index (κ1) is 34.2. The number of amides is 2. The van der Waals surface area contributed by atoms with E-state index in [1.165, 1.54) is 4.90 Å². The SMILES string of the molecule is [C-]#[N+]c1cccc(-c2ccc3c(c2)c2cc(-c4cccc(C#N)c4)ccc2n3-c2cccc3c2C(=O)N(c2c(-c4ccccc4)cccc2-c2ccccc2)C3=O)c1. The Labute approximate surface area is 334 Å². The van der Waals surface area contributed by atoms with Crippen molar-refractivity contribution >= 4 is 45.0 Å². The predicted molar refractivity (Wildman–Crippen MR) is 231 cm³/mol. The van der Waals surface area contributed by atoms with Gasteiger partial charge in [0.25, 0.3) is 11.8 Å². The highest BCUT2D eigenvalue weighted by Gasteiger charge is 2.41. The van der Waals surface area contributed by atoms with Crippen LogP contribution in [0.1, 0.15) is 26.3 Å². The van der Waals surface area contributed by atoms with Gasteiger partial charge in [0.15, 0.2) is 5.69 Å². The fourth-order valence-corrected chi connectivity index (χ4v) is 8.31. The smallest absolute Gasteiger partial charge is 0.268 e. The summed E-state index contributed by atoms with van der Waals surface area (Å²) in [4.78, 5) is 35.0. The van der Waals surface area contributed by atoms with Crippen LogP contribution in [0, 0.1) is 17.9 Å². The maximum Gasteiger partial charge on any atom is 0.268 e. The molecule has 0 fully saturated rings. The van der Waals surface area contributed by atoms with Crippen molar-refractivity contribution in [2.75, 3.05) is 4.90 Å². The average molecular weight is 743 g/mol. The van der Waals surface area contributed by atoms with E-state index >= 15 is 4.79 Å². The second-order valence-corrected chi connectivity index (χ2v) is 14.2. The molecular formula is C52H30N4O2. The number of carbonyl (C=O) groups excluding carboxylic acids is 2. The van der Waals surface area contributed by atoms with E-state index in [2.05, 4.69) is 27.6 Å². The Kier molecular flexibility index (Phi) is 8.11. The predicted octanol–water partition coefficient (Wildman–Crippen LogP) is 12.7. The van der Waals surface area contributed by atoms with Crippen molar-refractivity contribution in [2.24, 2.45) is 0 Å². The molecule has 2 heterocycles. The highest BCUT2D eigenvalue weighted by molar-refractivity contribution is 6.37. The van der Waals surface area contributed by atoms with Gasteiger partial charge >= 0.3 is 0 Å². The third-order valence-electron chi connectivity index (χ3n) is 11.0. The van der Waals surface area contributed by atoms with Gasteiger partial charge in [-0.3, -0.25) is 9.59 Å². The minimum absolute atomic E-state index is 0.327. The molecule has 1 aromatic heterocycles. The summed E-state index contributed by atoms with van der Waals surface area (Å²) in [6.07, 6.45) is 0. The number of fused-ring (bicyclic) bond motifs is 4. The Morgan fingerprint density at radius 3 is 1.60 bits per heavy atom. The highest BCUT2D eigenvalue weighted by Crippen LogP contribution is 2.45. The Balaban J connectivity index is 1.20. The summed E-state index contributed by atoms with van der Waals surface area (Å²) in [5, 5.41) is 11.5. The summed E-state index contributed by atoms with van der Waals surface area (Å²) >= 11 is 0. The molecule has 58 heavy (non-hydrogen) atoms. The number of nitriles is 1. The fourth-order valence-electron chi connectivity index (χ4n) is 8.31. The van der Waals surface area contributed by atoms with E-state index in [0.717, 1.165) is 66.3 Å². The van der Waals surface area contributed by atoms with Crippen LogP contribution in [0.25, 0.3) is 76.8 Å². The molecule has 0 saturated heterocycles. The van der Waals surface area contributed by atoms with Crippen molar-refractivity contribution in [1.29, 1.82) is 5.26 Å². The number of imide groups is 1. The van der Waals surface area contributed by atoms with Crippen LogP contribution >= 0.6 is 0 Å². The third kappa shape index (κ3) is 5.48. The van der Waals surface area contributed by atoms with Gasteiger partial charge in [-0.1, -0.05) is 127 Å². The molecule has 10 rings (SSSR count). The summed E-state index contributed by atoms with van der Waals surface area (Å²) in [6.45, 7) is 7.59. The van der Waals surface area contributed by atoms with Crippen LogP contribution in [0.4, 0.5) is 11.4 Å². The molecule has 0 unspecified atom stereocenters. The van der Waals surface area contributed by atoms with Crippen LogP contribution in [0.5, 0.6) is 0 Å². The summed E-state index contributed by atoms with van der Waals surface area (Å²) in [7, 11) is 0. The Morgan fingerprint density at radius 1 is 0.483 bits per heavy atom. The van der Waals surface area contributed by atoms with Gasteiger partial charge in [0.05, 0.1) is 51.7 Å². The number of nitrogens with zero attached hydrogens (tertiary/aromatic N) is 4. The number of hydrogen-bond donors (Lipinski definition) is 0. The van der Waals surface area contributed by atoms with E-state index in [0.29, 0.717) is 33.8 Å². The van der Waals surface area contributed by atoms with Crippen LogP contribution < -0.4 is 4.90 Å². The van der Waals surface area contributed by atoms with Gasteiger partial charge in [0, 0.05) is 21.9 Å². The van der Waals surface area contributed by atoms with Gasteiger partial charge in [0.1, 0.15) is 0 Å². The van der Waals surface area contributed by atoms with Gasteiger partial charge in [-0.15, -0.1) is 0 Å². The number of rotatable bonds is 6. The molecule has 0 aliphatic carbocycles. The number of hydrogen-bond acceptors (Lipinski definition) is 3. The van der Waals surface area contributed by atoms with Crippen molar-refractivity contribution in [3.05, 3.63) is 210 Å². The topological polar surface area (TPSA) is 70.5 Å². The van der Waals surface area contributed by atoms with Crippen LogP contribution in [-0.2, 0) is 0 Å². The second-order valence-electron chi connectivity index (χ2n) is 14.2. The summed E-state index contributed by atoms with van der Waals surface area (Å²) < 4.78 is 2.08. The maximum atomic E-state index is 15.2. The lowest BCUT2D eigenvalue weighted by atomic mass is 9.95. The summed E-state index contributed by atoms with van der Waals surface area (Å²) in [5.74, 6) is -0.784. The minimum Gasteiger partial charge on any atom is -0.308 e. The molecule has 0 atom stereocenters. The van der Waals surface area contributed by atoms with E-state index in [1.807, 2.05) is 152 Å². The van der Waals surface area contributed by atoms with E-state index < -0.39 is 5.91 Å². The third-order valence-corrected chi connectivity index (χ3v) is 11.0. The number of benzene rings is 8. The van der Waals surface area contributed by atoms with Gasteiger partial charge in [-0.2, -0.15) is 5.26 Å². The Hall–Kier alpha value is -8.32. The van der Waals surface area contributed by atoms with E-state index in [4.69, 9.17) is 6.57 Å². The molecule has 0 radical (unpaired) electrons. The standard InChI is InChI=1S/C52H30N4O2/c1-54-40-19-9-18-37(29-40)39-25-27-47-45(31-39)44-30-38(36-17-8-12-33(28-36)32-53)24-26-46(44)55(47)48-23-11-22-43-49(48)52(58)56(51(43)57)50-41(34-13-4-2-5-14-34)20-10-21-42(50)35-15-6-3-7-16-35/h2-31H. The zero-order chi connectivity index (χ0) is 39.3. The number of carbonyl (C=O) groups is 2. The molecule has 270 valence electrons. The molecule has 8 aromatic carbocycles. The quantitative estimate of drug-likeness (QED) is 0.126. The summed E-state index contributed by atoms with van der Waals surface area (Å²) in [5.41, 5.74) is 11.6. The van der Waals surface area contributed by atoms with Gasteiger partial charge in [0.2, 0.25) is 0 Å². The van der Waals surface area contributed by atoms with Crippen molar-refractivity contribution in [2.45, 2.75) is 0 Å². The largest absolute Gasteiger partial charge is 0.308 e. The van der Waals surface area contributed by atoms with Crippen LogP contribution in [0.2, 0.25) is 0 Å². The zero-order valence-electron chi connectivity index (χ0n) is 30.9. The first-order valence-corrected chi connectivity index (χ1v) is 18.8. The molecular weight excluding hydrogens is 713 g/mol. The number of para-hydroxylation sites is 1. The molecule has 0 spiro atoms. The maximum absolute atomic E-state index is 15.2. The first-order valence-electron chi connectivity index (χ1n) is 18.8. The molecule has 6 heteroatoms. The molecule has 0 saturated carbocycles. The zero-order valence-corrected chi connectivity index (χ0v) is 30.9. The van der Waals surface area contributed by atoms with Gasteiger partial charge in [-0.25, -0.2) is 9.74 Å². The van der Waals surface area contributed by atoms with Crippen molar-refractivity contribution in [1.82, 2.24) is 4.57 Å². The van der Waals surface area contributed by atoms with Gasteiger partial charge in [-0.05, 0) is 88.0 Å². The van der Waals surface area contributed by atoms with Crippen molar-refractivity contribution in [3.63, 3.8) is 0 Å². The van der Waals surface area contributed by atoms with E-state index in [-0.39, 0.29) is 5.91 Å². The van der Waals surface area contributed by atoms with E-state index in [9.17, 15) is 10.1 Å². The van der Waals surface area contributed by atoms with Crippen molar-refractivity contribution < 1.29 is 9.59 Å². The highest BCUT2D eigenvalue weighted by atomic mass is 16.2. The minimum atomic E-state index is -0.399. The lowest BCUT2D eigenvalue weighted by Crippen LogP contribution is -2.30. The Bertz CT molecular complexity index is 3070. The number of anilines is 1. The Morgan fingerprint density at radius 2 is 1.00 bits per heavy atom. The number of aromatic nitrogens is 1. The van der Waals surface area contributed by atoms with Crippen molar-refractivity contribution in [3.8, 4) is 56.3 Å². The van der Waals surface area contributed by atoms with Crippen LogP contribution in [0.15, 0.2) is 182 Å². The molecule has 0 N–H and O–H groups in total. The molecule has 0 bridgehead atoms. The molecule has 1 aliphatic heterocycles. The lowest BCUT2D eigenvalue weighted by molar-refractivity contribution is 0.0926. The molecule has 2 amide bonds. The van der Waals surface area contributed by atoms with Crippen LogP contribution in [-0.4, -0.2) is 16.4 Å². The molecule has 9 aromatic rings. The molecule has 1 aliphatic rings. The molecule has 6 nitrogen and oxygen atoms in total. The van der Waals surface area contributed by atoms with Gasteiger partial charge < -0.3 is 4.57 Å². The average Bonchev–Trinajstić information content (AvgIpc) is 3.75. The fraction of sp³-hybridized carbons (Fsp3) is 0. The first-order chi connectivity index (χ1) is 28.5. The summed E-state index contributed by atoms with van der Waals surface area (Å²) in [6, 6.07) is 60.8. The normalized spacial score (nSPS) is 12.1. The lowest BCUT2D eigenvalue weighted by Gasteiger charge is -2.23.